The van der Waals surface area contributed by atoms with Crippen LogP contribution in [-0.4, -0.2) is 11.8 Å². The van der Waals surface area contributed by atoms with Gasteiger partial charge in [0.05, 0.1) is 5.54 Å². The van der Waals surface area contributed by atoms with E-state index in [4.69, 9.17) is 0 Å². The molecule has 1 aliphatic rings. The fraction of sp³-hybridized carbons (Fsp3) is 0.667. The van der Waals surface area contributed by atoms with Gasteiger partial charge in [-0.05, 0) is 39.7 Å². The molecule has 1 nitrogen and oxygen atoms in total. The lowest BCUT2D eigenvalue weighted by Crippen LogP contribution is -2.11. The Hall–Kier alpha value is -0.590. The average molecular weight is 137 g/mol. The maximum absolute atomic E-state index is 4.39. The number of hydrogen-bond acceptors (Lipinski definition) is 1. The molecule has 56 valence electrons. The first-order valence-electron chi connectivity index (χ1n) is 3.73. The average Bonchev–Trinajstić information content (AvgIpc) is 2.10. The van der Waals surface area contributed by atoms with Crippen LogP contribution in [0.3, 0.4) is 0 Å². The molecular formula is C9H15N. The van der Waals surface area contributed by atoms with Gasteiger partial charge >= 0.3 is 0 Å². The molecule has 0 saturated carbocycles. The lowest BCUT2D eigenvalue weighted by atomic mass is 9.98. The van der Waals surface area contributed by atoms with E-state index in [0.717, 1.165) is 6.42 Å². The normalized spacial score (nSPS) is 21.8. The fourth-order valence-corrected chi connectivity index (χ4v) is 1.12. The van der Waals surface area contributed by atoms with Gasteiger partial charge in [0, 0.05) is 6.21 Å². The van der Waals surface area contributed by atoms with Crippen LogP contribution in [0.1, 0.15) is 34.1 Å². The fourth-order valence-electron chi connectivity index (χ4n) is 1.12. The summed E-state index contributed by atoms with van der Waals surface area (Å²) in [6.45, 7) is 8.62. The molecule has 0 aromatic rings. The second-order valence-corrected chi connectivity index (χ2v) is 3.77. The lowest BCUT2D eigenvalue weighted by molar-refractivity contribution is 0.546. The van der Waals surface area contributed by atoms with Crippen LogP contribution in [0.15, 0.2) is 16.1 Å². The van der Waals surface area contributed by atoms with Gasteiger partial charge in [-0.25, -0.2) is 0 Å². The SMILES string of the molecule is CC(C)=C1C=NC(C)(C)C1. The molecule has 0 aliphatic carbocycles. The molecule has 10 heavy (non-hydrogen) atoms. The Morgan fingerprint density at radius 2 is 2.10 bits per heavy atom. The first-order valence-corrected chi connectivity index (χ1v) is 3.73. The summed E-state index contributed by atoms with van der Waals surface area (Å²) >= 11 is 0. The maximum atomic E-state index is 4.39. The molecule has 1 rings (SSSR count). The van der Waals surface area contributed by atoms with Gasteiger partial charge in [-0.3, -0.25) is 4.99 Å². The molecule has 0 bridgehead atoms. The third-order valence-corrected chi connectivity index (χ3v) is 1.84. The van der Waals surface area contributed by atoms with Crippen LogP contribution >= 0.6 is 0 Å². The Morgan fingerprint density at radius 3 is 2.30 bits per heavy atom. The van der Waals surface area contributed by atoms with Crippen molar-refractivity contribution in [2.75, 3.05) is 0 Å². The van der Waals surface area contributed by atoms with E-state index >= 15 is 0 Å². The third kappa shape index (κ3) is 1.47. The van der Waals surface area contributed by atoms with Crippen LogP contribution in [-0.2, 0) is 0 Å². The van der Waals surface area contributed by atoms with Crippen molar-refractivity contribution in [1.29, 1.82) is 0 Å². The summed E-state index contributed by atoms with van der Waals surface area (Å²) in [5.74, 6) is 0. The summed E-state index contributed by atoms with van der Waals surface area (Å²) in [4.78, 5) is 4.39. The predicted molar refractivity (Wildman–Crippen MR) is 45.6 cm³/mol. The van der Waals surface area contributed by atoms with E-state index in [1.54, 1.807) is 0 Å². The summed E-state index contributed by atoms with van der Waals surface area (Å²) in [7, 11) is 0. The van der Waals surface area contributed by atoms with Crippen molar-refractivity contribution in [2.45, 2.75) is 39.7 Å². The molecule has 0 aromatic carbocycles. The van der Waals surface area contributed by atoms with E-state index in [9.17, 15) is 0 Å². The van der Waals surface area contributed by atoms with E-state index in [1.165, 1.54) is 11.1 Å². The number of nitrogens with zero attached hydrogens (tertiary/aromatic N) is 1. The lowest BCUT2D eigenvalue weighted by Gasteiger charge is -2.12. The molecule has 1 heteroatoms. The zero-order valence-electron chi connectivity index (χ0n) is 7.23. The third-order valence-electron chi connectivity index (χ3n) is 1.84. The molecule has 0 unspecified atom stereocenters. The zero-order chi connectivity index (χ0) is 7.78. The maximum Gasteiger partial charge on any atom is 0.0592 e. The molecule has 0 aromatic heterocycles. The highest BCUT2D eigenvalue weighted by Crippen LogP contribution is 2.26. The van der Waals surface area contributed by atoms with Crippen molar-refractivity contribution in [3.8, 4) is 0 Å². The Labute approximate surface area is 62.9 Å². The van der Waals surface area contributed by atoms with E-state index in [0.29, 0.717) is 0 Å². The second-order valence-electron chi connectivity index (χ2n) is 3.77. The van der Waals surface area contributed by atoms with Crippen molar-refractivity contribution in [1.82, 2.24) is 0 Å². The van der Waals surface area contributed by atoms with Gasteiger partial charge in [-0.1, -0.05) is 5.57 Å². The highest BCUT2D eigenvalue weighted by atomic mass is 14.9. The molecule has 0 spiro atoms. The van der Waals surface area contributed by atoms with Crippen LogP contribution in [0, 0.1) is 0 Å². The van der Waals surface area contributed by atoms with Crippen molar-refractivity contribution < 1.29 is 0 Å². The summed E-state index contributed by atoms with van der Waals surface area (Å²) < 4.78 is 0. The molecule has 1 aliphatic heterocycles. The summed E-state index contributed by atoms with van der Waals surface area (Å²) in [5.41, 5.74) is 2.96. The standard InChI is InChI=1S/C9H15N/c1-7(2)8-5-9(3,4)10-6-8/h6H,5H2,1-4H3. The van der Waals surface area contributed by atoms with Crippen LogP contribution in [0.5, 0.6) is 0 Å². The first-order chi connectivity index (χ1) is 4.51. The van der Waals surface area contributed by atoms with Gasteiger partial charge in [0.2, 0.25) is 0 Å². The van der Waals surface area contributed by atoms with E-state index < -0.39 is 0 Å². The predicted octanol–water partition coefficient (Wildman–Crippen LogP) is 2.58. The second kappa shape index (κ2) is 2.22. The molecule has 0 saturated heterocycles. The Bertz CT molecular complexity index is 193. The minimum absolute atomic E-state index is 0.159. The van der Waals surface area contributed by atoms with Gasteiger partial charge in [0.15, 0.2) is 0 Å². The number of hydrogen-bond donors (Lipinski definition) is 0. The van der Waals surface area contributed by atoms with Gasteiger partial charge in [-0.15, -0.1) is 0 Å². The van der Waals surface area contributed by atoms with Gasteiger partial charge < -0.3 is 0 Å². The molecule has 0 fully saturated rings. The highest BCUT2D eigenvalue weighted by Gasteiger charge is 2.22. The van der Waals surface area contributed by atoms with E-state index in [2.05, 4.69) is 32.7 Å². The molecule has 0 amide bonds. The monoisotopic (exact) mass is 137 g/mol. The largest absolute Gasteiger partial charge is 0.287 e. The van der Waals surface area contributed by atoms with E-state index in [1.807, 2.05) is 6.21 Å². The van der Waals surface area contributed by atoms with Crippen molar-refractivity contribution in [3.63, 3.8) is 0 Å². The highest BCUT2D eigenvalue weighted by molar-refractivity contribution is 5.82. The molecule has 0 atom stereocenters. The van der Waals surface area contributed by atoms with Crippen LogP contribution in [0.4, 0.5) is 0 Å². The zero-order valence-corrected chi connectivity index (χ0v) is 7.23. The summed E-state index contributed by atoms with van der Waals surface area (Å²) in [6, 6.07) is 0. The minimum atomic E-state index is 0.159. The van der Waals surface area contributed by atoms with Crippen LogP contribution < -0.4 is 0 Å². The topological polar surface area (TPSA) is 12.4 Å². The number of allylic oxidation sites excluding steroid dienone is 1. The molecule has 0 radical (unpaired) electrons. The van der Waals surface area contributed by atoms with Crippen LogP contribution in [0.25, 0.3) is 0 Å². The summed E-state index contributed by atoms with van der Waals surface area (Å²) in [5, 5.41) is 0. The van der Waals surface area contributed by atoms with Crippen molar-refractivity contribution in [2.24, 2.45) is 4.99 Å². The van der Waals surface area contributed by atoms with Gasteiger partial charge in [-0.2, -0.15) is 0 Å². The Kier molecular flexibility index (Phi) is 1.67. The van der Waals surface area contributed by atoms with Gasteiger partial charge in [0.25, 0.3) is 0 Å². The number of rotatable bonds is 0. The van der Waals surface area contributed by atoms with E-state index in [-0.39, 0.29) is 5.54 Å². The molecule has 1 heterocycles. The summed E-state index contributed by atoms with van der Waals surface area (Å²) in [6.07, 6.45) is 3.12. The quantitative estimate of drug-likeness (QED) is 0.486. The minimum Gasteiger partial charge on any atom is -0.287 e. The molecule has 0 N–H and O–H groups in total. The van der Waals surface area contributed by atoms with Crippen LogP contribution in [0.2, 0.25) is 0 Å². The molecular weight excluding hydrogens is 122 g/mol. The number of aliphatic imine (C=N–C) groups is 1. The van der Waals surface area contributed by atoms with Gasteiger partial charge in [0.1, 0.15) is 0 Å². The van der Waals surface area contributed by atoms with Crippen molar-refractivity contribution >= 4 is 6.21 Å². The Balaban J connectivity index is 2.81. The Morgan fingerprint density at radius 1 is 1.50 bits per heavy atom. The first kappa shape index (κ1) is 7.52. The smallest absolute Gasteiger partial charge is 0.0592 e. The van der Waals surface area contributed by atoms with Crippen molar-refractivity contribution in [3.05, 3.63) is 11.1 Å².